The van der Waals surface area contributed by atoms with Crippen molar-refractivity contribution in [3.05, 3.63) is 35.9 Å². The zero-order valence-corrected chi connectivity index (χ0v) is 10.2. The van der Waals surface area contributed by atoms with Gasteiger partial charge in [0.25, 0.3) is 0 Å². The zero-order chi connectivity index (χ0) is 12.3. The van der Waals surface area contributed by atoms with Gasteiger partial charge in [0, 0.05) is 12.6 Å². The monoisotopic (exact) mass is 233 g/mol. The number of likely N-dealkylation sites (tertiary alicyclic amines) is 1. The van der Waals surface area contributed by atoms with Gasteiger partial charge in [-0.05, 0) is 24.9 Å². The second kappa shape index (κ2) is 5.32. The first kappa shape index (κ1) is 12.1. The predicted molar refractivity (Wildman–Crippen MR) is 66.8 cm³/mol. The van der Waals surface area contributed by atoms with Crippen LogP contribution in [0, 0.1) is 5.92 Å². The molecule has 0 aliphatic carbocycles. The Kier molecular flexibility index (Phi) is 3.79. The summed E-state index contributed by atoms with van der Waals surface area (Å²) in [6.07, 6.45) is 1.80. The van der Waals surface area contributed by atoms with E-state index in [4.69, 9.17) is 5.11 Å². The summed E-state index contributed by atoms with van der Waals surface area (Å²) in [6, 6.07) is 10.7. The van der Waals surface area contributed by atoms with Crippen LogP contribution in [0.5, 0.6) is 0 Å². The quantitative estimate of drug-likeness (QED) is 0.868. The molecule has 1 aromatic rings. The molecule has 1 aliphatic rings. The molecule has 0 saturated carbocycles. The lowest BCUT2D eigenvalue weighted by Gasteiger charge is -2.27. The van der Waals surface area contributed by atoms with E-state index in [0.717, 1.165) is 19.4 Å². The van der Waals surface area contributed by atoms with Crippen LogP contribution < -0.4 is 0 Å². The molecule has 0 unspecified atom stereocenters. The highest BCUT2D eigenvalue weighted by molar-refractivity contribution is 5.70. The van der Waals surface area contributed by atoms with Gasteiger partial charge in [0.05, 0.1) is 5.92 Å². The Morgan fingerprint density at radius 2 is 2.18 bits per heavy atom. The van der Waals surface area contributed by atoms with Crippen LogP contribution >= 0.6 is 0 Å². The molecule has 1 heterocycles. The molecule has 0 bridgehead atoms. The number of hydrogen-bond acceptors (Lipinski definition) is 2. The van der Waals surface area contributed by atoms with Crippen LogP contribution in [-0.2, 0) is 4.79 Å². The third kappa shape index (κ3) is 2.67. The van der Waals surface area contributed by atoms with Crippen molar-refractivity contribution in [2.24, 2.45) is 5.92 Å². The molecule has 1 aliphatic heterocycles. The maximum atomic E-state index is 11.0. The predicted octanol–water partition coefficient (Wildman–Crippen LogP) is 2.54. The zero-order valence-electron chi connectivity index (χ0n) is 10.2. The van der Waals surface area contributed by atoms with Crippen LogP contribution in [-0.4, -0.2) is 29.1 Å². The van der Waals surface area contributed by atoms with Gasteiger partial charge in [0.2, 0.25) is 0 Å². The first-order chi connectivity index (χ1) is 8.22. The highest BCUT2D eigenvalue weighted by atomic mass is 16.4. The molecule has 0 aromatic heterocycles. The molecular formula is C14H19NO2. The minimum absolute atomic E-state index is 0.187. The molecule has 2 rings (SSSR count). The minimum atomic E-state index is -0.657. The van der Waals surface area contributed by atoms with Crippen molar-refractivity contribution in [3.63, 3.8) is 0 Å². The van der Waals surface area contributed by atoms with Gasteiger partial charge in [-0.2, -0.15) is 0 Å². The molecule has 1 N–H and O–H groups in total. The first-order valence-corrected chi connectivity index (χ1v) is 6.24. The number of nitrogens with zero attached hydrogens (tertiary/aromatic N) is 1. The summed E-state index contributed by atoms with van der Waals surface area (Å²) in [5.74, 6) is -0.844. The fourth-order valence-electron chi connectivity index (χ4n) is 2.65. The smallest absolute Gasteiger partial charge is 0.307 e. The molecule has 1 fully saturated rings. The SMILES string of the molecule is CC[C@@H](c1ccccc1)N1CC[C@H](C(=O)O)C1. The van der Waals surface area contributed by atoms with Crippen molar-refractivity contribution in [2.45, 2.75) is 25.8 Å². The summed E-state index contributed by atoms with van der Waals surface area (Å²) in [5.41, 5.74) is 1.29. The van der Waals surface area contributed by atoms with Crippen molar-refractivity contribution < 1.29 is 9.90 Å². The van der Waals surface area contributed by atoms with E-state index in [2.05, 4.69) is 24.0 Å². The van der Waals surface area contributed by atoms with Crippen molar-refractivity contribution >= 4 is 5.97 Å². The van der Waals surface area contributed by atoms with E-state index < -0.39 is 5.97 Å². The van der Waals surface area contributed by atoms with Crippen LogP contribution in [0.1, 0.15) is 31.4 Å². The summed E-state index contributed by atoms with van der Waals surface area (Å²) < 4.78 is 0. The van der Waals surface area contributed by atoms with Crippen LogP contribution in [0.25, 0.3) is 0 Å². The van der Waals surface area contributed by atoms with Crippen LogP contribution in [0.15, 0.2) is 30.3 Å². The molecule has 92 valence electrons. The first-order valence-electron chi connectivity index (χ1n) is 6.24. The average molecular weight is 233 g/mol. The number of carboxylic acids is 1. The number of hydrogen-bond donors (Lipinski definition) is 1. The third-order valence-corrected chi connectivity index (χ3v) is 3.58. The number of aliphatic carboxylic acids is 1. The van der Waals surface area contributed by atoms with Crippen molar-refractivity contribution in [2.75, 3.05) is 13.1 Å². The number of carboxylic acid groups (broad SMARTS) is 1. The Hall–Kier alpha value is -1.35. The van der Waals surface area contributed by atoms with E-state index in [-0.39, 0.29) is 5.92 Å². The minimum Gasteiger partial charge on any atom is -0.481 e. The summed E-state index contributed by atoms with van der Waals surface area (Å²) in [4.78, 5) is 13.3. The number of carbonyl (C=O) groups is 1. The van der Waals surface area contributed by atoms with Gasteiger partial charge < -0.3 is 5.11 Å². The van der Waals surface area contributed by atoms with Crippen LogP contribution in [0.2, 0.25) is 0 Å². The van der Waals surface area contributed by atoms with E-state index in [1.165, 1.54) is 5.56 Å². The molecule has 1 aromatic carbocycles. The highest BCUT2D eigenvalue weighted by Crippen LogP contribution is 2.29. The van der Waals surface area contributed by atoms with Gasteiger partial charge in [-0.1, -0.05) is 37.3 Å². The average Bonchev–Trinajstić information content (AvgIpc) is 2.81. The van der Waals surface area contributed by atoms with Gasteiger partial charge in [-0.15, -0.1) is 0 Å². The number of rotatable bonds is 4. The van der Waals surface area contributed by atoms with Gasteiger partial charge in [0.15, 0.2) is 0 Å². The van der Waals surface area contributed by atoms with Gasteiger partial charge in [-0.25, -0.2) is 0 Å². The molecule has 0 spiro atoms. The second-order valence-electron chi connectivity index (χ2n) is 4.65. The normalized spacial score (nSPS) is 22.5. The van der Waals surface area contributed by atoms with E-state index in [1.807, 2.05) is 18.2 Å². The summed E-state index contributed by atoms with van der Waals surface area (Å²) in [5, 5.41) is 9.03. The van der Waals surface area contributed by atoms with Gasteiger partial charge >= 0.3 is 5.97 Å². The Balaban J connectivity index is 2.08. The Labute approximate surface area is 102 Å². The van der Waals surface area contributed by atoms with E-state index >= 15 is 0 Å². The molecule has 0 radical (unpaired) electrons. The number of benzene rings is 1. The molecule has 0 amide bonds. The second-order valence-corrected chi connectivity index (χ2v) is 4.65. The lowest BCUT2D eigenvalue weighted by atomic mass is 10.0. The Bertz CT molecular complexity index is 377. The van der Waals surface area contributed by atoms with E-state index in [0.29, 0.717) is 12.6 Å². The van der Waals surface area contributed by atoms with Crippen molar-refractivity contribution in [3.8, 4) is 0 Å². The highest BCUT2D eigenvalue weighted by Gasteiger charge is 2.31. The Morgan fingerprint density at radius 3 is 2.71 bits per heavy atom. The summed E-state index contributed by atoms with van der Waals surface area (Å²) >= 11 is 0. The lowest BCUT2D eigenvalue weighted by molar-refractivity contribution is -0.141. The summed E-state index contributed by atoms with van der Waals surface area (Å²) in [7, 11) is 0. The maximum absolute atomic E-state index is 11.0. The standard InChI is InChI=1S/C14H19NO2/c1-2-13(11-6-4-3-5-7-11)15-9-8-12(10-15)14(16)17/h3-7,12-13H,2,8-10H2,1H3,(H,16,17)/t12-,13-/m0/s1. The molecule has 1 saturated heterocycles. The molecule has 3 nitrogen and oxygen atoms in total. The van der Waals surface area contributed by atoms with E-state index in [1.54, 1.807) is 0 Å². The van der Waals surface area contributed by atoms with Crippen molar-refractivity contribution in [1.29, 1.82) is 0 Å². The maximum Gasteiger partial charge on any atom is 0.307 e. The lowest BCUT2D eigenvalue weighted by Crippen LogP contribution is -2.27. The summed E-state index contributed by atoms with van der Waals surface area (Å²) in [6.45, 7) is 3.73. The fourth-order valence-corrected chi connectivity index (χ4v) is 2.65. The molecule has 17 heavy (non-hydrogen) atoms. The fraction of sp³-hybridized carbons (Fsp3) is 0.500. The molecule has 2 atom stereocenters. The topological polar surface area (TPSA) is 40.5 Å². The van der Waals surface area contributed by atoms with Gasteiger partial charge in [-0.3, -0.25) is 9.69 Å². The molecule has 3 heteroatoms. The molecular weight excluding hydrogens is 214 g/mol. The van der Waals surface area contributed by atoms with Crippen molar-refractivity contribution in [1.82, 2.24) is 4.90 Å². The largest absolute Gasteiger partial charge is 0.481 e. The van der Waals surface area contributed by atoms with Crippen LogP contribution in [0.4, 0.5) is 0 Å². The van der Waals surface area contributed by atoms with E-state index in [9.17, 15) is 4.79 Å². The van der Waals surface area contributed by atoms with Crippen LogP contribution in [0.3, 0.4) is 0 Å². The van der Waals surface area contributed by atoms with Gasteiger partial charge in [0.1, 0.15) is 0 Å². The Morgan fingerprint density at radius 1 is 1.47 bits per heavy atom. The third-order valence-electron chi connectivity index (χ3n) is 3.58.